The van der Waals surface area contributed by atoms with Gasteiger partial charge in [0.25, 0.3) is 0 Å². The number of hydrogen-bond acceptors (Lipinski definition) is 5. The lowest BCUT2D eigenvalue weighted by Crippen LogP contribution is -2.52. The molecule has 1 saturated heterocycles. The molecule has 0 aliphatic carbocycles. The molecule has 0 radical (unpaired) electrons. The number of nitrogens with zero attached hydrogens (tertiary/aromatic N) is 2. The van der Waals surface area contributed by atoms with Gasteiger partial charge in [0.15, 0.2) is 0 Å². The molecule has 1 aromatic carbocycles. The number of piperazine rings is 1. The Morgan fingerprint density at radius 3 is 2.30 bits per heavy atom. The minimum Gasteiger partial charge on any atom is -0.495 e. The highest BCUT2D eigenvalue weighted by atomic mass is 35.5. The van der Waals surface area contributed by atoms with Crippen LogP contribution < -0.4 is 10.1 Å². The van der Waals surface area contributed by atoms with Crippen molar-refractivity contribution in [3.8, 4) is 5.75 Å². The zero-order valence-electron chi connectivity index (χ0n) is 16.6. The summed E-state index contributed by atoms with van der Waals surface area (Å²) < 4.78 is 10.7. The number of carbonyl (C=O) groups excluding carboxylic acids is 2. The number of benzene rings is 1. The summed E-state index contributed by atoms with van der Waals surface area (Å²) in [5, 5.41) is 3.73. The summed E-state index contributed by atoms with van der Waals surface area (Å²) in [6, 6.07) is 3.58. The molecule has 1 aliphatic rings. The first kappa shape index (κ1) is 21.2. The molecule has 1 aliphatic heterocycles. The summed E-state index contributed by atoms with van der Waals surface area (Å²) in [6.07, 6.45) is -0.339. The van der Waals surface area contributed by atoms with Gasteiger partial charge >= 0.3 is 6.09 Å². The van der Waals surface area contributed by atoms with Gasteiger partial charge in [-0.3, -0.25) is 4.79 Å². The van der Waals surface area contributed by atoms with Crippen molar-refractivity contribution in [3.05, 3.63) is 22.7 Å². The number of carbonyl (C=O) groups is 2. The van der Waals surface area contributed by atoms with Gasteiger partial charge in [-0.15, -0.1) is 0 Å². The summed E-state index contributed by atoms with van der Waals surface area (Å²) in [5.74, 6) is 0.557. The minimum atomic E-state index is -0.524. The van der Waals surface area contributed by atoms with Crippen LogP contribution in [0.3, 0.4) is 0 Å². The zero-order chi connectivity index (χ0) is 20.2. The van der Waals surface area contributed by atoms with Crippen LogP contribution in [0.1, 0.15) is 26.3 Å². The number of rotatable bonds is 4. The maximum atomic E-state index is 12.5. The maximum absolute atomic E-state index is 12.5. The lowest BCUT2D eigenvalue weighted by molar-refractivity contribution is -0.131. The van der Waals surface area contributed by atoms with Gasteiger partial charge in [0, 0.05) is 37.3 Å². The van der Waals surface area contributed by atoms with Crippen LogP contribution in [0.25, 0.3) is 0 Å². The molecule has 1 aromatic rings. The van der Waals surface area contributed by atoms with E-state index in [9.17, 15) is 9.59 Å². The molecule has 2 rings (SSSR count). The molecule has 0 spiro atoms. The van der Waals surface area contributed by atoms with E-state index in [1.807, 2.05) is 33.8 Å². The molecule has 0 bridgehead atoms. The van der Waals surface area contributed by atoms with Gasteiger partial charge in [0.1, 0.15) is 11.4 Å². The second-order valence-corrected chi connectivity index (χ2v) is 7.91. The third kappa shape index (κ3) is 5.92. The Labute approximate surface area is 165 Å². The SMILES string of the molecule is COc1cc(Cl)c(C)cc1NCC(=O)N1CCN(C(=O)OC(C)(C)C)CC1. The standard InChI is InChI=1S/C19H28ClN3O4/c1-13-10-15(16(26-5)11-14(13)20)21-12-17(24)22-6-8-23(9-7-22)18(25)27-19(2,3)4/h10-11,21H,6-9,12H2,1-5H3. The van der Waals surface area contributed by atoms with E-state index in [1.165, 1.54) is 0 Å². The van der Waals surface area contributed by atoms with Crippen molar-refractivity contribution in [2.45, 2.75) is 33.3 Å². The van der Waals surface area contributed by atoms with Crippen LogP contribution in [-0.4, -0.2) is 67.2 Å². The van der Waals surface area contributed by atoms with Crippen LogP contribution in [0.4, 0.5) is 10.5 Å². The number of methoxy groups -OCH3 is 1. The fraction of sp³-hybridized carbons (Fsp3) is 0.579. The lowest BCUT2D eigenvalue weighted by atomic mass is 10.2. The second-order valence-electron chi connectivity index (χ2n) is 7.50. The fourth-order valence-electron chi connectivity index (χ4n) is 2.72. The Morgan fingerprint density at radius 1 is 1.15 bits per heavy atom. The number of halogens is 1. The van der Waals surface area contributed by atoms with Crippen molar-refractivity contribution in [2.24, 2.45) is 0 Å². The molecule has 7 nitrogen and oxygen atoms in total. The smallest absolute Gasteiger partial charge is 0.410 e. The molecule has 1 fully saturated rings. The molecular formula is C19H28ClN3O4. The number of ether oxygens (including phenoxy) is 2. The molecule has 8 heteroatoms. The summed E-state index contributed by atoms with van der Waals surface area (Å²) in [4.78, 5) is 28.0. The number of anilines is 1. The molecule has 1 N–H and O–H groups in total. The average Bonchev–Trinajstić information content (AvgIpc) is 2.60. The van der Waals surface area contributed by atoms with Gasteiger partial charge in [-0.05, 0) is 39.3 Å². The molecular weight excluding hydrogens is 370 g/mol. The molecule has 0 saturated carbocycles. The Bertz CT molecular complexity index is 695. The van der Waals surface area contributed by atoms with Crippen LogP contribution in [0.5, 0.6) is 5.75 Å². The Hall–Kier alpha value is -2.15. The molecule has 0 aromatic heterocycles. The van der Waals surface area contributed by atoms with E-state index in [0.717, 1.165) is 11.3 Å². The number of hydrogen-bond donors (Lipinski definition) is 1. The summed E-state index contributed by atoms with van der Waals surface area (Å²) in [7, 11) is 1.56. The largest absolute Gasteiger partial charge is 0.495 e. The highest BCUT2D eigenvalue weighted by Crippen LogP contribution is 2.30. The van der Waals surface area contributed by atoms with Crippen LogP contribution in [0.2, 0.25) is 5.02 Å². The monoisotopic (exact) mass is 397 g/mol. The summed E-state index contributed by atoms with van der Waals surface area (Å²) >= 11 is 6.10. The van der Waals surface area contributed by atoms with Crippen LogP contribution in [0.15, 0.2) is 12.1 Å². The molecule has 2 amide bonds. The van der Waals surface area contributed by atoms with Gasteiger partial charge in [-0.25, -0.2) is 4.79 Å². The fourth-order valence-corrected chi connectivity index (χ4v) is 2.87. The molecule has 0 atom stereocenters. The Kier molecular flexibility index (Phi) is 6.81. The molecule has 27 heavy (non-hydrogen) atoms. The zero-order valence-corrected chi connectivity index (χ0v) is 17.4. The number of nitrogens with one attached hydrogen (secondary N) is 1. The van der Waals surface area contributed by atoms with E-state index in [4.69, 9.17) is 21.1 Å². The van der Waals surface area contributed by atoms with E-state index in [2.05, 4.69) is 5.32 Å². The van der Waals surface area contributed by atoms with E-state index in [-0.39, 0.29) is 18.5 Å². The molecule has 150 valence electrons. The van der Waals surface area contributed by atoms with Gasteiger partial charge in [0.2, 0.25) is 5.91 Å². The van der Waals surface area contributed by atoms with Crippen LogP contribution in [-0.2, 0) is 9.53 Å². The first-order valence-corrected chi connectivity index (χ1v) is 9.32. The highest BCUT2D eigenvalue weighted by Gasteiger charge is 2.27. The van der Waals surface area contributed by atoms with Crippen LogP contribution in [0, 0.1) is 6.92 Å². The minimum absolute atomic E-state index is 0.0338. The predicted molar refractivity (Wildman–Crippen MR) is 106 cm³/mol. The first-order chi connectivity index (χ1) is 12.6. The lowest BCUT2D eigenvalue weighted by Gasteiger charge is -2.35. The molecule has 0 unspecified atom stereocenters. The van der Waals surface area contributed by atoms with Gasteiger partial charge in [-0.1, -0.05) is 11.6 Å². The maximum Gasteiger partial charge on any atom is 0.410 e. The van der Waals surface area contributed by atoms with E-state index >= 15 is 0 Å². The Balaban J connectivity index is 1.87. The van der Waals surface area contributed by atoms with Crippen molar-refractivity contribution in [1.29, 1.82) is 0 Å². The molecule has 1 heterocycles. The van der Waals surface area contributed by atoms with Gasteiger partial charge in [0.05, 0.1) is 19.3 Å². The van der Waals surface area contributed by atoms with Gasteiger partial charge in [-0.2, -0.15) is 0 Å². The predicted octanol–water partition coefficient (Wildman–Crippen LogP) is 3.15. The van der Waals surface area contributed by atoms with Crippen molar-refractivity contribution < 1.29 is 19.1 Å². The van der Waals surface area contributed by atoms with E-state index in [1.54, 1.807) is 23.0 Å². The average molecular weight is 398 g/mol. The first-order valence-electron chi connectivity index (χ1n) is 8.94. The van der Waals surface area contributed by atoms with Gasteiger partial charge < -0.3 is 24.6 Å². The van der Waals surface area contributed by atoms with Crippen LogP contribution >= 0.6 is 11.6 Å². The summed E-state index contributed by atoms with van der Waals surface area (Å²) in [5.41, 5.74) is 1.10. The van der Waals surface area contributed by atoms with Crippen molar-refractivity contribution in [3.63, 3.8) is 0 Å². The highest BCUT2D eigenvalue weighted by molar-refractivity contribution is 6.31. The summed E-state index contributed by atoms with van der Waals surface area (Å²) in [6.45, 7) is 9.44. The van der Waals surface area contributed by atoms with Crippen molar-refractivity contribution in [1.82, 2.24) is 9.80 Å². The third-order valence-corrected chi connectivity index (χ3v) is 4.60. The van der Waals surface area contributed by atoms with Crippen molar-refractivity contribution >= 4 is 29.3 Å². The quantitative estimate of drug-likeness (QED) is 0.845. The van der Waals surface area contributed by atoms with E-state index < -0.39 is 5.60 Å². The topological polar surface area (TPSA) is 71.1 Å². The third-order valence-electron chi connectivity index (χ3n) is 4.19. The number of aryl methyl sites for hydroxylation is 1. The number of amides is 2. The van der Waals surface area contributed by atoms with Crippen molar-refractivity contribution in [2.75, 3.05) is 45.2 Å². The normalized spacial score (nSPS) is 14.7. The van der Waals surface area contributed by atoms with E-state index in [0.29, 0.717) is 37.0 Å². The Morgan fingerprint density at radius 2 is 1.74 bits per heavy atom. The second kappa shape index (κ2) is 8.69.